The monoisotopic (exact) mass is 498 g/mol. The van der Waals surface area contributed by atoms with Crippen LogP contribution in [0.4, 0.5) is 0 Å². The maximum absolute atomic E-state index is 10.6. The third-order valence-electron chi connectivity index (χ3n) is 7.47. The molecule has 0 saturated carbocycles. The van der Waals surface area contributed by atoms with E-state index in [4.69, 9.17) is 14.2 Å². The standard InChI is InChI=1S/C28H34O6S/c1-17-3-6-21(26-24(30)23(29)25(31)27(34-26)35-2)16-22(17)15-18-4-7-19(8-5-18)20-9-11-28(12-10-20)32-13-14-33-28/h3-9,16,23-27,29-31H,10-15H2,1-2H3/t23-,24-,25+,26?,27-/m1/s1. The summed E-state index contributed by atoms with van der Waals surface area (Å²) < 4.78 is 17.6. The Morgan fingerprint density at radius 3 is 2.37 bits per heavy atom. The van der Waals surface area contributed by atoms with E-state index >= 15 is 0 Å². The molecular formula is C28H34O6S. The number of aryl methyl sites for hydroxylation is 1. The van der Waals surface area contributed by atoms with Gasteiger partial charge in [0, 0.05) is 12.8 Å². The van der Waals surface area contributed by atoms with Crippen LogP contribution in [-0.4, -0.2) is 64.3 Å². The first-order chi connectivity index (χ1) is 16.9. The van der Waals surface area contributed by atoms with Crippen LogP contribution in [0, 0.1) is 6.92 Å². The Bertz CT molecular complexity index is 1060. The van der Waals surface area contributed by atoms with E-state index in [0.717, 1.165) is 42.4 Å². The van der Waals surface area contributed by atoms with Gasteiger partial charge in [0.05, 0.1) is 13.2 Å². The number of thioether (sulfide) groups is 1. The van der Waals surface area contributed by atoms with Gasteiger partial charge < -0.3 is 29.5 Å². The fourth-order valence-corrected chi connectivity index (χ4v) is 5.93. The Morgan fingerprint density at radius 1 is 0.971 bits per heavy atom. The predicted molar refractivity (Wildman–Crippen MR) is 136 cm³/mol. The van der Waals surface area contributed by atoms with Crippen LogP contribution >= 0.6 is 11.8 Å². The molecule has 2 heterocycles. The van der Waals surface area contributed by atoms with Crippen LogP contribution in [0.1, 0.15) is 53.2 Å². The van der Waals surface area contributed by atoms with Gasteiger partial charge in [-0.1, -0.05) is 48.5 Å². The highest BCUT2D eigenvalue weighted by Gasteiger charge is 2.44. The van der Waals surface area contributed by atoms with Crippen LogP contribution in [0.3, 0.4) is 0 Å². The SMILES string of the molecule is CS[C@H]1OC(c2ccc(C)c(Cc3ccc(C4=CCC5(CC4)OCCO5)cc3)c2)[C@H](O)[C@@H](O)[C@@H]1O. The number of ether oxygens (including phenoxy) is 3. The summed E-state index contributed by atoms with van der Waals surface area (Å²) in [6.45, 7) is 3.45. The van der Waals surface area contributed by atoms with Crippen LogP contribution in [-0.2, 0) is 20.6 Å². The van der Waals surface area contributed by atoms with Crippen molar-refractivity contribution in [3.63, 3.8) is 0 Å². The zero-order valence-corrected chi connectivity index (χ0v) is 21.0. The normalized spacial score (nSPS) is 30.4. The Hall–Kier alpha value is -1.71. The van der Waals surface area contributed by atoms with Crippen molar-refractivity contribution in [2.75, 3.05) is 19.5 Å². The molecule has 0 bridgehead atoms. The Morgan fingerprint density at radius 2 is 1.71 bits per heavy atom. The molecule has 2 saturated heterocycles. The number of allylic oxidation sites excluding steroid dienone is 1. The highest BCUT2D eigenvalue weighted by molar-refractivity contribution is 7.99. The first kappa shape index (κ1) is 25.0. The van der Waals surface area contributed by atoms with Gasteiger partial charge in [-0.2, -0.15) is 0 Å². The second kappa shape index (κ2) is 10.3. The molecule has 2 aliphatic heterocycles. The van der Waals surface area contributed by atoms with Crippen molar-refractivity contribution in [3.8, 4) is 0 Å². The fraction of sp³-hybridized carbons (Fsp3) is 0.500. The lowest BCUT2D eigenvalue weighted by atomic mass is 9.88. The summed E-state index contributed by atoms with van der Waals surface area (Å²) in [6, 6.07) is 14.7. The van der Waals surface area contributed by atoms with Crippen molar-refractivity contribution in [2.24, 2.45) is 0 Å². The maximum atomic E-state index is 10.6. The molecule has 1 unspecified atom stereocenters. The van der Waals surface area contributed by atoms with E-state index in [0.29, 0.717) is 13.2 Å². The van der Waals surface area contributed by atoms with Crippen molar-refractivity contribution in [1.82, 2.24) is 0 Å². The van der Waals surface area contributed by atoms with Crippen LogP contribution < -0.4 is 0 Å². The second-order valence-corrected chi connectivity index (χ2v) is 10.7. The minimum absolute atomic E-state index is 0.397. The van der Waals surface area contributed by atoms with E-state index in [2.05, 4.69) is 37.3 Å². The van der Waals surface area contributed by atoms with Gasteiger partial charge in [-0.3, -0.25) is 0 Å². The summed E-state index contributed by atoms with van der Waals surface area (Å²) in [5.41, 5.74) is 6.29. The van der Waals surface area contributed by atoms with Crippen LogP contribution in [0.5, 0.6) is 0 Å². The molecule has 2 aromatic rings. The number of rotatable bonds is 5. The number of aliphatic hydroxyl groups excluding tert-OH is 3. The first-order valence-electron chi connectivity index (χ1n) is 12.3. The minimum atomic E-state index is -1.25. The van der Waals surface area contributed by atoms with Gasteiger partial charge in [-0.05, 0) is 59.4 Å². The molecule has 0 aromatic heterocycles. The Balaban J connectivity index is 1.30. The van der Waals surface area contributed by atoms with Crippen molar-refractivity contribution >= 4 is 17.3 Å². The molecule has 5 atom stereocenters. The number of hydrogen-bond donors (Lipinski definition) is 3. The average molecular weight is 499 g/mol. The molecule has 2 fully saturated rings. The van der Waals surface area contributed by atoms with Crippen molar-refractivity contribution in [2.45, 2.75) is 68.2 Å². The third kappa shape index (κ3) is 5.09. The topological polar surface area (TPSA) is 88.4 Å². The molecule has 5 rings (SSSR count). The molecule has 1 aliphatic carbocycles. The lowest BCUT2D eigenvalue weighted by Crippen LogP contribution is -2.52. The summed E-state index contributed by atoms with van der Waals surface area (Å²) in [7, 11) is 0. The van der Waals surface area contributed by atoms with Crippen LogP contribution in [0.15, 0.2) is 48.5 Å². The molecular weight excluding hydrogens is 464 g/mol. The van der Waals surface area contributed by atoms with Crippen molar-refractivity contribution < 1.29 is 29.5 Å². The molecule has 1 spiro atoms. The van der Waals surface area contributed by atoms with Crippen molar-refractivity contribution in [1.29, 1.82) is 0 Å². The molecule has 35 heavy (non-hydrogen) atoms. The molecule has 3 N–H and O–H groups in total. The number of hydrogen-bond acceptors (Lipinski definition) is 7. The number of benzene rings is 2. The highest BCUT2D eigenvalue weighted by Crippen LogP contribution is 2.39. The summed E-state index contributed by atoms with van der Waals surface area (Å²) in [4.78, 5) is 0. The number of aliphatic hydroxyl groups is 3. The Labute approximate surface area is 210 Å². The van der Waals surface area contributed by atoms with E-state index < -0.39 is 35.6 Å². The highest BCUT2D eigenvalue weighted by atomic mass is 32.2. The lowest BCUT2D eigenvalue weighted by Gasteiger charge is -2.40. The largest absolute Gasteiger partial charge is 0.387 e. The van der Waals surface area contributed by atoms with Crippen LogP contribution in [0.25, 0.3) is 5.57 Å². The second-order valence-electron chi connectivity index (χ2n) is 9.73. The van der Waals surface area contributed by atoms with Crippen LogP contribution in [0.2, 0.25) is 0 Å². The van der Waals surface area contributed by atoms with Gasteiger partial charge in [0.1, 0.15) is 29.9 Å². The van der Waals surface area contributed by atoms with Gasteiger partial charge in [-0.25, -0.2) is 0 Å². The molecule has 3 aliphatic rings. The first-order valence-corrected chi connectivity index (χ1v) is 13.6. The van der Waals surface area contributed by atoms with E-state index in [1.54, 1.807) is 0 Å². The molecule has 2 aromatic carbocycles. The summed E-state index contributed by atoms with van der Waals surface area (Å²) in [5.74, 6) is -0.397. The summed E-state index contributed by atoms with van der Waals surface area (Å²) in [6.07, 6.45) is 3.21. The zero-order chi connectivity index (χ0) is 24.6. The molecule has 6 nitrogen and oxygen atoms in total. The van der Waals surface area contributed by atoms with E-state index in [1.807, 2.05) is 24.5 Å². The smallest absolute Gasteiger partial charge is 0.172 e. The summed E-state index contributed by atoms with van der Waals surface area (Å²) >= 11 is 1.32. The fourth-order valence-electron chi connectivity index (χ4n) is 5.26. The van der Waals surface area contributed by atoms with Gasteiger partial charge in [0.15, 0.2) is 5.79 Å². The van der Waals surface area contributed by atoms with Gasteiger partial charge in [-0.15, -0.1) is 11.8 Å². The maximum Gasteiger partial charge on any atom is 0.172 e. The van der Waals surface area contributed by atoms with Crippen molar-refractivity contribution in [3.05, 3.63) is 76.4 Å². The molecule has 7 heteroatoms. The van der Waals surface area contributed by atoms with Gasteiger partial charge in [0.2, 0.25) is 0 Å². The molecule has 188 valence electrons. The third-order valence-corrected chi connectivity index (χ3v) is 8.33. The zero-order valence-electron chi connectivity index (χ0n) is 20.2. The predicted octanol–water partition coefficient (Wildman–Crippen LogP) is 3.74. The van der Waals surface area contributed by atoms with E-state index in [9.17, 15) is 15.3 Å². The average Bonchev–Trinajstić information content (AvgIpc) is 3.33. The van der Waals surface area contributed by atoms with E-state index in [1.165, 1.54) is 28.5 Å². The summed E-state index contributed by atoms with van der Waals surface area (Å²) in [5, 5.41) is 31.1. The Kier molecular flexibility index (Phi) is 7.38. The van der Waals surface area contributed by atoms with E-state index in [-0.39, 0.29) is 0 Å². The molecule has 0 amide bonds. The quantitative estimate of drug-likeness (QED) is 0.579. The van der Waals surface area contributed by atoms with Gasteiger partial charge >= 0.3 is 0 Å². The molecule has 0 radical (unpaired) electrons. The lowest BCUT2D eigenvalue weighted by molar-refractivity contribution is -0.200. The minimum Gasteiger partial charge on any atom is -0.387 e. The van der Waals surface area contributed by atoms with Gasteiger partial charge in [0.25, 0.3) is 0 Å².